The second kappa shape index (κ2) is 8.93. The maximum Gasteiger partial charge on any atom is 0.248 e. The molecule has 2 heterocycles. The number of para-hydroxylation sites is 1. The Morgan fingerprint density at radius 1 is 1.14 bits per heavy atom. The number of nitrogens with one attached hydrogen (secondary N) is 2. The van der Waals surface area contributed by atoms with Crippen LogP contribution in [0.5, 0.6) is 0 Å². The first-order valence-corrected chi connectivity index (χ1v) is 9.81. The molecular formula is C21H25N6O2+. The molecule has 1 aromatic heterocycles. The zero-order valence-electron chi connectivity index (χ0n) is 16.5. The van der Waals surface area contributed by atoms with E-state index in [0.717, 1.165) is 49.7 Å². The van der Waals surface area contributed by atoms with Gasteiger partial charge in [-0.25, -0.2) is 0 Å². The topological polar surface area (TPSA) is 86.4 Å². The van der Waals surface area contributed by atoms with Crippen LogP contribution in [-0.4, -0.2) is 52.4 Å². The summed E-state index contributed by atoms with van der Waals surface area (Å²) < 4.78 is 5.41. The van der Waals surface area contributed by atoms with E-state index in [1.165, 1.54) is 15.3 Å². The van der Waals surface area contributed by atoms with Crippen molar-refractivity contribution < 1.29 is 14.4 Å². The first kappa shape index (κ1) is 19.2. The minimum absolute atomic E-state index is 0.0137. The van der Waals surface area contributed by atoms with Gasteiger partial charge in [-0.3, -0.25) is 4.79 Å². The van der Waals surface area contributed by atoms with E-state index in [1.54, 1.807) is 0 Å². The maximum atomic E-state index is 12.3. The van der Waals surface area contributed by atoms with Crippen LogP contribution in [0.1, 0.15) is 11.1 Å². The van der Waals surface area contributed by atoms with Gasteiger partial charge in [0, 0.05) is 16.8 Å². The molecule has 3 aromatic rings. The van der Waals surface area contributed by atoms with Gasteiger partial charge < -0.3 is 15.0 Å². The fourth-order valence-corrected chi connectivity index (χ4v) is 3.35. The van der Waals surface area contributed by atoms with Gasteiger partial charge in [0.15, 0.2) is 0 Å². The molecule has 2 aromatic carbocycles. The van der Waals surface area contributed by atoms with Gasteiger partial charge in [-0.1, -0.05) is 42.5 Å². The van der Waals surface area contributed by atoms with E-state index in [1.807, 2.05) is 43.3 Å². The molecule has 0 saturated carbocycles. The number of quaternary nitrogens is 1. The predicted octanol–water partition coefficient (Wildman–Crippen LogP) is 0.702. The zero-order chi connectivity index (χ0) is 20.1. The molecule has 4 rings (SSSR count). The van der Waals surface area contributed by atoms with Crippen LogP contribution in [-0.2, 0) is 22.6 Å². The number of morpholine rings is 1. The molecule has 8 nitrogen and oxygen atoms in total. The van der Waals surface area contributed by atoms with Crippen molar-refractivity contribution in [1.82, 2.24) is 20.2 Å². The lowest BCUT2D eigenvalue weighted by atomic mass is 10.1. The van der Waals surface area contributed by atoms with E-state index < -0.39 is 0 Å². The van der Waals surface area contributed by atoms with E-state index in [0.29, 0.717) is 5.82 Å². The van der Waals surface area contributed by atoms with Crippen molar-refractivity contribution in [2.45, 2.75) is 20.0 Å². The minimum Gasteiger partial charge on any atom is -0.370 e. The van der Waals surface area contributed by atoms with Crippen LogP contribution in [0.4, 0.5) is 5.69 Å². The Hall–Kier alpha value is -3.10. The molecule has 8 heteroatoms. The molecule has 0 radical (unpaired) electrons. The lowest BCUT2D eigenvalue weighted by molar-refractivity contribution is -0.921. The molecule has 0 bridgehead atoms. The molecule has 0 spiro atoms. The van der Waals surface area contributed by atoms with E-state index in [4.69, 9.17) is 4.74 Å². The van der Waals surface area contributed by atoms with Crippen molar-refractivity contribution in [2.24, 2.45) is 0 Å². The summed E-state index contributed by atoms with van der Waals surface area (Å²) in [5.74, 6) is 0.325. The summed E-state index contributed by atoms with van der Waals surface area (Å²) in [4.78, 5) is 15.1. The molecule has 1 saturated heterocycles. The number of ether oxygens (including phenoxy) is 1. The number of hydrogen-bond acceptors (Lipinski definition) is 5. The molecule has 1 aliphatic rings. The Morgan fingerprint density at radius 2 is 1.90 bits per heavy atom. The molecule has 150 valence electrons. The molecular weight excluding hydrogens is 368 g/mol. The lowest BCUT2D eigenvalue weighted by Crippen LogP contribution is -3.12. The molecule has 1 aliphatic heterocycles. The monoisotopic (exact) mass is 393 g/mol. The summed E-state index contributed by atoms with van der Waals surface area (Å²) in [5.41, 5.74) is 3.95. The lowest BCUT2D eigenvalue weighted by Gasteiger charge is -2.23. The van der Waals surface area contributed by atoms with Crippen LogP contribution in [0.2, 0.25) is 0 Å². The molecule has 1 amide bonds. The highest BCUT2D eigenvalue weighted by Crippen LogP contribution is 2.15. The van der Waals surface area contributed by atoms with Crippen LogP contribution >= 0.6 is 0 Å². The second-order valence-electron chi connectivity index (χ2n) is 7.24. The van der Waals surface area contributed by atoms with Gasteiger partial charge in [-0.2, -0.15) is 4.80 Å². The number of hydrogen-bond donors (Lipinski definition) is 2. The molecule has 29 heavy (non-hydrogen) atoms. The van der Waals surface area contributed by atoms with Crippen molar-refractivity contribution in [2.75, 3.05) is 31.6 Å². The predicted molar refractivity (Wildman–Crippen MR) is 108 cm³/mol. The standard InChI is InChI=1S/C21H24N6O2/c1-16-4-2-3-5-19(16)22-20(28)15-27-24-21(23-25-27)18-8-6-17(7-9-18)14-26-10-12-29-13-11-26/h2-9H,10-15H2,1H3,(H,22,28)/p+1. The van der Waals surface area contributed by atoms with Crippen LogP contribution < -0.4 is 10.2 Å². The number of rotatable bonds is 6. The molecule has 0 atom stereocenters. The van der Waals surface area contributed by atoms with Crippen LogP contribution in [0.15, 0.2) is 48.5 Å². The first-order chi connectivity index (χ1) is 14.2. The number of tetrazole rings is 1. The zero-order valence-corrected chi connectivity index (χ0v) is 16.5. The second-order valence-corrected chi connectivity index (χ2v) is 7.24. The van der Waals surface area contributed by atoms with Gasteiger partial charge in [0.1, 0.15) is 26.2 Å². The van der Waals surface area contributed by atoms with Crippen LogP contribution in [0.3, 0.4) is 0 Å². The SMILES string of the molecule is Cc1ccccc1NC(=O)Cn1nnc(-c2ccc(C[NH+]3CCOCC3)cc2)n1. The fraction of sp³-hybridized carbons (Fsp3) is 0.333. The fourth-order valence-electron chi connectivity index (χ4n) is 3.35. The summed E-state index contributed by atoms with van der Waals surface area (Å²) >= 11 is 0. The van der Waals surface area contributed by atoms with Crippen molar-refractivity contribution in [3.05, 3.63) is 59.7 Å². The van der Waals surface area contributed by atoms with Gasteiger partial charge in [-0.05, 0) is 23.8 Å². The highest BCUT2D eigenvalue weighted by molar-refractivity contribution is 5.91. The average molecular weight is 393 g/mol. The van der Waals surface area contributed by atoms with E-state index >= 15 is 0 Å². The highest BCUT2D eigenvalue weighted by atomic mass is 16.5. The van der Waals surface area contributed by atoms with Crippen molar-refractivity contribution >= 4 is 11.6 Å². The average Bonchev–Trinajstić information content (AvgIpc) is 3.19. The van der Waals surface area contributed by atoms with Crippen molar-refractivity contribution in [1.29, 1.82) is 0 Å². The number of benzene rings is 2. The molecule has 0 aliphatic carbocycles. The normalized spacial score (nSPS) is 14.7. The first-order valence-electron chi connectivity index (χ1n) is 9.81. The summed E-state index contributed by atoms with van der Waals surface area (Å²) in [5, 5.41) is 15.3. The van der Waals surface area contributed by atoms with Crippen LogP contribution in [0.25, 0.3) is 11.4 Å². The van der Waals surface area contributed by atoms with Crippen LogP contribution in [0, 0.1) is 6.92 Å². The van der Waals surface area contributed by atoms with Gasteiger partial charge in [-0.15, -0.1) is 10.2 Å². The third-order valence-corrected chi connectivity index (χ3v) is 5.02. The summed E-state index contributed by atoms with van der Waals surface area (Å²) in [6.07, 6.45) is 0. The molecule has 1 fully saturated rings. The van der Waals surface area contributed by atoms with E-state index in [-0.39, 0.29) is 12.5 Å². The Kier molecular flexibility index (Phi) is 5.92. The maximum absolute atomic E-state index is 12.3. The smallest absolute Gasteiger partial charge is 0.248 e. The van der Waals surface area contributed by atoms with E-state index in [9.17, 15) is 4.79 Å². The number of anilines is 1. The summed E-state index contributed by atoms with van der Waals surface area (Å²) in [6.45, 7) is 6.70. The Morgan fingerprint density at radius 3 is 2.66 bits per heavy atom. The Bertz CT molecular complexity index is 963. The quantitative estimate of drug-likeness (QED) is 0.644. The van der Waals surface area contributed by atoms with E-state index in [2.05, 4.69) is 32.9 Å². The third-order valence-electron chi connectivity index (χ3n) is 5.02. The Balaban J connectivity index is 1.35. The number of carbonyl (C=O) groups excluding carboxylic acids is 1. The Labute approximate surface area is 169 Å². The van der Waals surface area contributed by atoms with Gasteiger partial charge in [0.05, 0.1) is 13.2 Å². The number of nitrogens with zero attached hydrogens (tertiary/aromatic N) is 4. The molecule has 2 N–H and O–H groups in total. The minimum atomic E-state index is -0.188. The largest absolute Gasteiger partial charge is 0.370 e. The summed E-state index contributed by atoms with van der Waals surface area (Å²) in [6, 6.07) is 15.8. The number of carbonyl (C=O) groups is 1. The summed E-state index contributed by atoms with van der Waals surface area (Å²) in [7, 11) is 0. The highest BCUT2D eigenvalue weighted by Gasteiger charge is 2.15. The third kappa shape index (κ3) is 5.04. The van der Waals surface area contributed by atoms with Crippen molar-refractivity contribution in [3.63, 3.8) is 0 Å². The van der Waals surface area contributed by atoms with Gasteiger partial charge >= 0.3 is 0 Å². The van der Waals surface area contributed by atoms with Crippen molar-refractivity contribution in [3.8, 4) is 11.4 Å². The van der Waals surface area contributed by atoms with Gasteiger partial charge in [0.2, 0.25) is 11.7 Å². The number of amides is 1. The number of aryl methyl sites for hydroxylation is 1. The van der Waals surface area contributed by atoms with Gasteiger partial charge in [0.25, 0.3) is 0 Å². The molecule has 0 unspecified atom stereocenters. The number of aromatic nitrogens is 4.